The predicted octanol–water partition coefficient (Wildman–Crippen LogP) is 3.43. The number of sulfonamides is 1. The van der Waals surface area contributed by atoms with E-state index in [-0.39, 0.29) is 23.7 Å². The lowest BCUT2D eigenvalue weighted by molar-refractivity contribution is -0.139. The molecule has 7 nitrogen and oxygen atoms in total. The number of carbonyl (C=O) groups is 2. The number of anilines is 1. The maximum absolute atomic E-state index is 14.3. The Bertz CT molecular complexity index is 1080. The van der Waals surface area contributed by atoms with E-state index in [9.17, 15) is 22.4 Å². The summed E-state index contributed by atoms with van der Waals surface area (Å²) in [5.74, 6) is -1.39. The van der Waals surface area contributed by atoms with E-state index in [2.05, 4.69) is 5.32 Å². The lowest BCUT2D eigenvalue weighted by Gasteiger charge is -2.31. The fourth-order valence-electron chi connectivity index (χ4n) is 3.07. The van der Waals surface area contributed by atoms with Gasteiger partial charge < -0.3 is 10.2 Å². The zero-order valence-corrected chi connectivity index (χ0v) is 20.7. The largest absolute Gasteiger partial charge is 0.354 e. The maximum atomic E-state index is 14.3. The van der Waals surface area contributed by atoms with Gasteiger partial charge in [0.2, 0.25) is 21.8 Å². The van der Waals surface area contributed by atoms with Gasteiger partial charge in [-0.2, -0.15) is 0 Å². The fraction of sp³-hybridized carbons (Fsp3) is 0.391. The van der Waals surface area contributed by atoms with Crippen LogP contribution in [0.3, 0.4) is 0 Å². The molecule has 0 aromatic heterocycles. The van der Waals surface area contributed by atoms with Crippen LogP contribution in [0.1, 0.15) is 26.3 Å². The van der Waals surface area contributed by atoms with Gasteiger partial charge in [0.25, 0.3) is 0 Å². The molecule has 1 N–H and O–H groups in total. The second kappa shape index (κ2) is 11.5. The van der Waals surface area contributed by atoms with Crippen molar-refractivity contribution >= 4 is 39.1 Å². The molecule has 2 rings (SSSR count). The molecule has 0 saturated heterocycles. The van der Waals surface area contributed by atoms with Gasteiger partial charge in [0.15, 0.2) is 0 Å². The number of amides is 2. The molecule has 0 bridgehead atoms. The zero-order valence-electron chi connectivity index (χ0n) is 19.1. The van der Waals surface area contributed by atoms with Crippen molar-refractivity contribution in [1.82, 2.24) is 10.2 Å². The summed E-state index contributed by atoms with van der Waals surface area (Å²) >= 11 is 5.90. The number of benzene rings is 2. The van der Waals surface area contributed by atoms with Crippen LogP contribution >= 0.6 is 11.6 Å². The minimum atomic E-state index is -3.84. The van der Waals surface area contributed by atoms with Crippen LogP contribution in [-0.2, 0) is 26.2 Å². The topological polar surface area (TPSA) is 86.8 Å². The molecular weight excluding hydrogens is 469 g/mol. The lowest BCUT2D eigenvalue weighted by atomic mass is 10.1. The van der Waals surface area contributed by atoms with Gasteiger partial charge in [-0.15, -0.1) is 0 Å². The van der Waals surface area contributed by atoms with Crippen molar-refractivity contribution in [3.05, 3.63) is 64.9 Å². The molecule has 0 spiro atoms. The van der Waals surface area contributed by atoms with Gasteiger partial charge in [-0.25, -0.2) is 12.8 Å². The lowest BCUT2D eigenvalue weighted by Crippen LogP contribution is -2.51. The molecular formula is C23H29ClFN3O4S. The van der Waals surface area contributed by atoms with Crippen LogP contribution in [0.2, 0.25) is 5.02 Å². The standard InChI is InChI=1S/C23H29ClFN3O4S/c1-16(2)13-26-23(30)17(3)27(14-18-7-5-6-8-21(18)25)22(29)15-28(33(4,31)32)20-11-9-19(24)10-12-20/h5-12,16-17H,13-15H2,1-4H3,(H,26,30)/t17-/m0/s1. The summed E-state index contributed by atoms with van der Waals surface area (Å²) in [4.78, 5) is 27.2. The smallest absolute Gasteiger partial charge is 0.244 e. The molecule has 1 atom stereocenters. The summed E-state index contributed by atoms with van der Waals surface area (Å²) in [5.41, 5.74) is 0.463. The molecule has 10 heteroatoms. The minimum absolute atomic E-state index is 0.194. The Morgan fingerprint density at radius 1 is 1.06 bits per heavy atom. The van der Waals surface area contributed by atoms with E-state index >= 15 is 0 Å². The quantitative estimate of drug-likeness (QED) is 0.544. The van der Waals surface area contributed by atoms with Crippen molar-refractivity contribution in [2.75, 3.05) is 23.7 Å². The summed E-state index contributed by atoms with van der Waals surface area (Å²) in [6.07, 6.45) is 0.981. The van der Waals surface area contributed by atoms with Crippen molar-refractivity contribution in [3.8, 4) is 0 Å². The SMILES string of the molecule is CC(C)CNC(=O)[C@H](C)N(Cc1ccccc1F)C(=O)CN(c1ccc(Cl)cc1)S(C)(=O)=O. The first kappa shape index (κ1) is 26.6. The molecule has 2 aromatic rings. The van der Waals surface area contributed by atoms with E-state index in [0.717, 1.165) is 10.6 Å². The molecule has 180 valence electrons. The molecule has 0 fully saturated rings. The van der Waals surface area contributed by atoms with Crippen molar-refractivity contribution < 1.29 is 22.4 Å². The van der Waals surface area contributed by atoms with Crippen LogP contribution in [0.25, 0.3) is 0 Å². The molecule has 0 aliphatic carbocycles. The summed E-state index contributed by atoms with van der Waals surface area (Å²) in [6, 6.07) is 11.0. The zero-order chi connectivity index (χ0) is 24.8. The normalized spacial score (nSPS) is 12.3. The average molecular weight is 498 g/mol. The number of nitrogens with one attached hydrogen (secondary N) is 1. The van der Waals surface area contributed by atoms with Crippen LogP contribution in [0.15, 0.2) is 48.5 Å². The third-order valence-electron chi connectivity index (χ3n) is 4.94. The summed E-state index contributed by atoms with van der Waals surface area (Å²) < 4.78 is 40.2. The Hall–Kier alpha value is -2.65. The Kier molecular flexibility index (Phi) is 9.25. The highest BCUT2D eigenvalue weighted by molar-refractivity contribution is 7.92. The number of nitrogens with zero attached hydrogens (tertiary/aromatic N) is 2. The second-order valence-electron chi connectivity index (χ2n) is 8.17. The summed E-state index contributed by atoms with van der Waals surface area (Å²) in [5, 5.41) is 3.18. The number of carbonyl (C=O) groups excluding carboxylic acids is 2. The van der Waals surface area contributed by atoms with Gasteiger partial charge in [-0.3, -0.25) is 13.9 Å². The molecule has 33 heavy (non-hydrogen) atoms. The van der Waals surface area contributed by atoms with E-state index in [4.69, 9.17) is 11.6 Å². The van der Waals surface area contributed by atoms with E-state index in [1.165, 1.54) is 54.3 Å². The Morgan fingerprint density at radius 2 is 1.67 bits per heavy atom. The minimum Gasteiger partial charge on any atom is -0.354 e. The highest BCUT2D eigenvalue weighted by atomic mass is 35.5. The first-order valence-electron chi connectivity index (χ1n) is 10.4. The third kappa shape index (κ3) is 7.71. The maximum Gasteiger partial charge on any atom is 0.244 e. The molecule has 0 heterocycles. The van der Waals surface area contributed by atoms with Crippen LogP contribution in [0.5, 0.6) is 0 Å². The first-order chi connectivity index (χ1) is 15.4. The molecule has 0 radical (unpaired) electrons. The number of halogens is 2. The predicted molar refractivity (Wildman–Crippen MR) is 128 cm³/mol. The van der Waals surface area contributed by atoms with Crippen LogP contribution in [-0.4, -0.2) is 50.5 Å². The van der Waals surface area contributed by atoms with E-state index in [0.29, 0.717) is 11.6 Å². The molecule has 0 aliphatic rings. The van der Waals surface area contributed by atoms with Crippen LogP contribution in [0, 0.1) is 11.7 Å². The summed E-state index contributed by atoms with van der Waals surface area (Å²) in [7, 11) is -3.84. The van der Waals surface area contributed by atoms with Crippen molar-refractivity contribution in [2.24, 2.45) is 5.92 Å². The van der Waals surface area contributed by atoms with Gasteiger partial charge in [-0.05, 0) is 43.2 Å². The first-order valence-corrected chi connectivity index (χ1v) is 12.7. The summed E-state index contributed by atoms with van der Waals surface area (Å²) in [6.45, 7) is 5.05. The number of hydrogen-bond acceptors (Lipinski definition) is 4. The highest BCUT2D eigenvalue weighted by Gasteiger charge is 2.30. The average Bonchev–Trinajstić information content (AvgIpc) is 2.74. The van der Waals surface area contributed by atoms with Gasteiger partial charge in [0.05, 0.1) is 11.9 Å². The Balaban J connectivity index is 2.36. The Morgan fingerprint density at radius 3 is 2.21 bits per heavy atom. The van der Waals surface area contributed by atoms with Crippen molar-refractivity contribution in [2.45, 2.75) is 33.4 Å². The van der Waals surface area contributed by atoms with Gasteiger partial charge in [0.1, 0.15) is 18.4 Å². The molecule has 0 saturated carbocycles. The van der Waals surface area contributed by atoms with Gasteiger partial charge in [0, 0.05) is 23.7 Å². The van der Waals surface area contributed by atoms with Gasteiger partial charge in [-0.1, -0.05) is 43.6 Å². The highest BCUT2D eigenvalue weighted by Crippen LogP contribution is 2.21. The van der Waals surface area contributed by atoms with Crippen LogP contribution < -0.4 is 9.62 Å². The van der Waals surface area contributed by atoms with Crippen molar-refractivity contribution in [1.29, 1.82) is 0 Å². The third-order valence-corrected chi connectivity index (χ3v) is 6.34. The monoisotopic (exact) mass is 497 g/mol. The Labute approximate surface area is 199 Å². The molecule has 2 amide bonds. The second-order valence-corrected chi connectivity index (χ2v) is 10.5. The van der Waals surface area contributed by atoms with Crippen molar-refractivity contribution in [3.63, 3.8) is 0 Å². The van der Waals surface area contributed by atoms with Crippen LogP contribution in [0.4, 0.5) is 10.1 Å². The van der Waals surface area contributed by atoms with Gasteiger partial charge >= 0.3 is 0 Å². The fourth-order valence-corrected chi connectivity index (χ4v) is 4.04. The number of hydrogen-bond donors (Lipinski definition) is 1. The molecule has 0 aliphatic heterocycles. The molecule has 2 aromatic carbocycles. The van der Waals surface area contributed by atoms with E-state index < -0.39 is 40.2 Å². The number of rotatable bonds is 10. The van der Waals surface area contributed by atoms with E-state index in [1.807, 2.05) is 13.8 Å². The van der Waals surface area contributed by atoms with E-state index in [1.54, 1.807) is 6.07 Å². The molecule has 0 unspecified atom stereocenters.